The highest BCUT2D eigenvalue weighted by Gasteiger charge is 2.59. The Morgan fingerprint density at radius 3 is 2.86 bits per heavy atom. The molecular weight excluding hydrogens is 284 g/mol. The van der Waals surface area contributed by atoms with Crippen LogP contribution in [0, 0.1) is 11.3 Å². The van der Waals surface area contributed by atoms with Crippen LogP contribution in [-0.4, -0.2) is 54.7 Å². The molecule has 6 nitrogen and oxygen atoms in total. The first-order valence-corrected chi connectivity index (χ1v) is 7.47. The van der Waals surface area contributed by atoms with Crippen molar-refractivity contribution in [3.63, 3.8) is 0 Å². The largest absolute Gasteiger partial charge is 0.481 e. The van der Waals surface area contributed by atoms with E-state index >= 15 is 0 Å². The van der Waals surface area contributed by atoms with E-state index in [0.717, 1.165) is 5.56 Å². The summed E-state index contributed by atoms with van der Waals surface area (Å²) < 4.78 is 5.63. The number of carbonyl (C=O) groups excluding carboxylic acids is 1. The van der Waals surface area contributed by atoms with Crippen LogP contribution in [0.25, 0.3) is 0 Å². The third kappa shape index (κ3) is 2.71. The average molecular weight is 304 g/mol. The van der Waals surface area contributed by atoms with Gasteiger partial charge in [0, 0.05) is 26.2 Å². The van der Waals surface area contributed by atoms with Crippen molar-refractivity contribution in [1.82, 2.24) is 10.2 Å². The van der Waals surface area contributed by atoms with Gasteiger partial charge in [-0.25, -0.2) is 0 Å². The van der Waals surface area contributed by atoms with Gasteiger partial charge >= 0.3 is 5.97 Å². The Morgan fingerprint density at radius 2 is 2.18 bits per heavy atom. The van der Waals surface area contributed by atoms with Crippen molar-refractivity contribution in [1.29, 1.82) is 0 Å². The number of nitrogens with zero attached hydrogens (tertiary/aromatic N) is 1. The highest BCUT2D eigenvalue weighted by molar-refractivity contribution is 5.92. The number of hydrogen-bond acceptors (Lipinski definition) is 4. The van der Waals surface area contributed by atoms with Gasteiger partial charge in [0.05, 0.1) is 19.1 Å². The van der Waals surface area contributed by atoms with Crippen LogP contribution in [0.15, 0.2) is 30.3 Å². The molecule has 2 fully saturated rings. The number of aliphatic carboxylic acids is 1. The Bertz CT molecular complexity index is 563. The lowest BCUT2D eigenvalue weighted by Gasteiger charge is -2.21. The molecule has 0 aromatic heterocycles. The van der Waals surface area contributed by atoms with Crippen molar-refractivity contribution < 1.29 is 19.4 Å². The number of carboxylic acids is 1. The van der Waals surface area contributed by atoms with Gasteiger partial charge in [-0.1, -0.05) is 30.3 Å². The van der Waals surface area contributed by atoms with Crippen LogP contribution in [0.2, 0.25) is 0 Å². The van der Waals surface area contributed by atoms with Crippen LogP contribution < -0.4 is 5.32 Å². The van der Waals surface area contributed by atoms with Crippen LogP contribution in [-0.2, 0) is 20.9 Å². The van der Waals surface area contributed by atoms with E-state index in [4.69, 9.17) is 4.74 Å². The molecule has 0 saturated carbocycles. The molecule has 0 spiro atoms. The summed E-state index contributed by atoms with van der Waals surface area (Å²) in [5, 5.41) is 12.2. The summed E-state index contributed by atoms with van der Waals surface area (Å²) in [7, 11) is 0. The molecule has 2 atom stereocenters. The molecular formula is C16H20N2O4. The maximum Gasteiger partial charge on any atom is 0.313 e. The number of amides is 1. The number of ether oxygens (including phenoxy) is 1. The van der Waals surface area contributed by atoms with Crippen LogP contribution in [0.1, 0.15) is 5.56 Å². The van der Waals surface area contributed by atoms with Gasteiger partial charge in [0.2, 0.25) is 5.91 Å². The number of likely N-dealkylation sites (tertiary alicyclic amines) is 1. The zero-order chi connectivity index (χ0) is 15.6. The van der Waals surface area contributed by atoms with Crippen LogP contribution in [0.5, 0.6) is 0 Å². The zero-order valence-electron chi connectivity index (χ0n) is 12.3. The summed E-state index contributed by atoms with van der Waals surface area (Å²) in [6.45, 7) is 2.84. The minimum atomic E-state index is -0.962. The SMILES string of the molecule is O=C1NC[C@@]2(C(=O)O)CN(CCOCc3ccccc3)C[C@@H]12. The molecule has 1 amide bonds. The molecule has 0 bridgehead atoms. The van der Waals surface area contributed by atoms with Gasteiger partial charge in [0.25, 0.3) is 0 Å². The number of hydrogen-bond donors (Lipinski definition) is 2. The van der Waals surface area contributed by atoms with Gasteiger partial charge in [-0.3, -0.25) is 14.5 Å². The van der Waals surface area contributed by atoms with E-state index in [1.54, 1.807) is 0 Å². The molecule has 2 saturated heterocycles. The van der Waals surface area contributed by atoms with Crippen molar-refractivity contribution in [2.45, 2.75) is 6.61 Å². The van der Waals surface area contributed by atoms with Gasteiger partial charge in [-0.05, 0) is 5.56 Å². The van der Waals surface area contributed by atoms with E-state index in [2.05, 4.69) is 5.32 Å². The van der Waals surface area contributed by atoms with E-state index in [9.17, 15) is 14.7 Å². The van der Waals surface area contributed by atoms with Crippen molar-refractivity contribution in [3.05, 3.63) is 35.9 Å². The van der Waals surface area contributed by atoms with Gasteiger partial charge in [0.15, 0.2) is 0 Å². The maximum absolute atomic E-state index is 11.8. The van der Waals surface area contributed by atoms with Gasteiger partial charge in [0.1, 0.15) is 5.41 Å². The zero-order valence-corrected chi connectivity index (χ0v) is 12.3. The lowest BCUT2D eigenvalue weighted by atomic mass is 9.81. The fourth-order valence-electron chi connectivity index (χ4n) is 3.31. The number of rotatable bonds is 6. The molecule has 0 radical (unpaired) electrons. The van der Waals surface area contributed by atoms with Crippen molar-refractivity contribution >= 4 is 11.9 Å². The van der Waals surface area contributed by atoms with Crippen LogP contribution in [0.3, 0.4) is 0 Å². The third-order valence-electron chi connectivity index (χ3n) is 4.60. The molecule has 2 N–H and O–H groups in total. The molecule has 6 heteroatoms. The van der Waals surface area contributed by atoms with E-state index in [0.29, 0.717) is 32.8 Å². The maximum atomic E-state index is 11.8. The highest BCUT2D eigenvalue weighted by atomic mass is 16.5. The normalized spacial score (nSPS) is 27.6. The minimum absolute atomic E-state index is 0.143. The second kappa shape index (κ2) is 6.06. The van der Waals surface area contributed by atoms with E-state index < -0.39 is 17.3 Å². The first kappa shape index (κ1) is 15.0. The van der Waals surface area contributed by atoms with E-state index in [1.165, 1.54) is 0 Å². The van der Waals surface area contributed by atoms with Crippen molar-refractivity contribution in [2.24, 2.45) is 11.3 Å². The number of fused-ring (bicyclic) bond motifs is 1. The number of carboxylic acid groups (broad SMARTS) is 1. The second-order valence-electron chi connectivity index (χ2n) is 6.00. The topological polar surface area (TPSA) is 78.9 Å². The summed E-state index contributed by atoms with van der Waals surface area (Å²) in [6.07, 6.45) is 0. The summed E-state index contributed by atoms with van der Waals surface area (Å²) in [6, 6.07) is 9.90. The van der Waals surface area contributed by atoms with Gasteiger partial charge < -0.3 is 15.2 Å². The summed E-state index contributed by atoms with van der Waals surface area (Å²) >= 11 is 0. The molecule has 0 aliphatic carbocycles. The Morgan fingerprint density at radius 1 is 1.41 bits per heavy atom. The number of nitrogens with one attached hydrogen (secondary N) is 1. The Labute approximate surface area is 129 Å². The van der Waals surface area contributed by atoms with E-state index in [-0.39, 0.29) is 12.5 Å². The molecule has 2 aliphatic rings. The van der Waals surface area contributed by atoms with Gasteiger partial charge in [-0.2, -0.15) is 0 Å². The first-order valence-electron chi connectivity index (χ1n) is 7.47. The number of carbonyl (C=O) groups is 2. The monoisotopic (exact) mass is 304 g/mol. The molecule has 1 aromatic rings. The minimum Gasteiger partial charge on any atom is -0.481 e. The Balaban J connectivity index is 1.49. The molecule has 0 unspecified atom stereocenters. The van der Waals surface area contributed by atoms with Crippen molar-refractivity contribution in [2.75, 3.05) is 32.8 Å². The van der Waals surface area contributed by atoms with Crippen LogP contribution >= 0.6 is 0 Å². The molecule has 1 aromatic carbocycles. The second-order valence-corrected chi connectivity index (χ2v) is 6.00. The molecule has 22 heavy (non-hydrogen) atoms. The standard InChI is InChI=1S/C16H20N2O4/c19-14-13-8-18(11-16(13,10-17-14)15(20)21)6-7-22-9-12-4-2-1-3-5-12/h1-5,13H,6-11H2,(H,17,19)(H,20,21)/t13-,16+/m0/s1. The highest BCUT2D eigenvalue weighted by Crippen LogP contribution is 2.39. The molecule has 2 aliphatic heterocycles. The first-order chi connectivity index (χ1) is 10.6. The lowest BCUT2D eigenvalue weighted by Crippen LogP contribution is -2.40. The molecule has 2 heterocycles. The summed E-state index contributed by atoms with van der Waals surface area (Å²) in [4.78, 5) is 25.4. The molecule has 118 valence electrons. The summed E-state index contributed by atoms with van der Waals surface area (Å²) in [5.41, 5.74) is 0.151. The lowest BCUT2D eigenvalue weighted by molar-refractivity contribution is -0.149. The fraction of sp³-hybridized carbons (Fsp3) is 0.500. The predicted molar refractivity (Wildman–Crippen MR) is 79.1 cm³/mol. The Kier molecular flexibility index (Phi) is 4.13. The Hall–Kier alpha value is -1.92. The van der Waals surface area contributed by atoms with Crippen molar-refractivity contribution in [3.8, 4) is 0 Å². The fourth-order valence-corrected chi connectivity index (χ4v) is 3.31. The number of benzene rings is 1. The summed E-state index contributed by atoms with van der Waals surface area (Å²) in [5.74, 6) is -1.47. The quantitative estimate of drug-likeness (QED) is 0.741. The van der Waals surface area contributed by atoms with E-state index in [1.807, 2.05) is 35.2 Å². The van der Waals surface area contributed by atoms with Gasteiger partial charge in [-0.15, -0.1) is 0 Å². The van der Waals surface area contributed by atoms with Crippen LogP contribution in [0.4, 0.5) is 0 Å². The molecule has 3 rings (SSSR count). The average Bonchev–Trinajstić information content (AvgIpc) is 3.04. The predicted octanol–water partition coefficient (Wildman–Crippen LogP) is 0.336. The smallest absolute Gasteiger partial charge is 0.313 e. The third-order valence-corrected chi connectivity index (χ3v) is 4.60.